The van der Waals surface area contributed by atoms with Crippen LogP contribution < -0.4 is 5.32 Å². The first-order valence-corrected chi connectivity index (χ1v) is 8.12. The van der Waals surface area contributed by atoms with Crippen molar-refractivity contribution in [1.82, 2.24) is 10.2 Å². The SMILES string of the molecule is CC(C)(C)C1=CCN(CC2CC23CCNCC3)CC1. The van der Waals surface area contributed by atoms with Crippen LogP contribution in [0.2, 0.25) is 0 Å². The van der Waals surface area contributed by atoms with Crippen molar-refractivity contribution in [2.75, 3.05) is 32.7 Å². The minimum Gasteiger partial charge on any atom is -0.317 e. The molecule has 0 amide bonds. The van der Waals surface area contributed by atoms with Crippen LogP contribution in [-0.2, 0) is 0 Å². The molecule has 1 saturated carbocycles. The predicted molar refractivity (Wildman–Crippen MR) is 81.2 cm³/mol. The molecule has 19 heavy (non-hydrogen) atoms. The van der Waals surface area contributed by atoms with Crippen molar-refractivity contribution in [3.8, 4) is 0 Å². The van der Waals surface area contributed by atoms with E-state index in [0.29, 0.717) is 5.41 Å². The average Bonchev–Trinajstić information content (AvgIpc) is 3.01. The predicted octanol–water partition coefficient (Wildman–Crippen LogP) is 3.05. The van der Waals surface area contributed by atoms with Gasteiger partial charge in [0, 0.05) is 19.6 Å². The number of rotatable bonds is 2. The van der Waals surface area contributed by atoms with Crippen LogP contribution in [0.25, 0.3) is 0 Å². The van der Waals surface area contributed by atoms with Gasteiger partial charge < -0.3 is 5.32 Å². The Balaban J connectivity index is 1.50. The van der Waals surface area contributed by atoms with E-state index in [2.05, 4.69) is 37.1 Å². The molecule has 2 heterocycles. The molecule has 1 spiro atoms. The monoisotopic (exact) mass is 262 g/mol. The average molecular weight is 262 g/mol. The molecule has 1 aliphatic carbocycles. The normalized spacial score (nSPS) is 31.3. The van der Waals surface area contributed by atoms with Crippen LogP contribution in [0, 0.1) is 16.7 Å². The van der Waals surface area contributed by atoms with Crippen molar-refractivity contribution in [3.05, 3.63) is 11.6 Å². The highest BCUT2D eigenvalue weighted by Crippen LogP contribution is 2.58. The van der Waals surface area contributed by atoms with Crippen LogP contribution in [0.1, 0.15) is 46.5 Å². The maximum absolute atomic E-state index is 3.50. The number of hydrogen-bond acceptors (Lipinski definition) is 2. The molecule has 0 bridgehead atoms. The van der Waals surface area contributed by atoms with E-state index in [1.165, 1.54) is 58.4 Å². The van der Waals surface area contributed by atoms with E-state index in [0.717, 1.165) is 11.3 Å². The lowest BCUT2D eigenvalue weighted by atomic mass is 9.83. The van der Waals surface area contributed by atoms with E-state index in [4.69, 9.17) is 0 Å². The lowest BCUT2D eigenvalue weighted by Crippen LogP contribution is -2.35. The molecule has 1 saturated heterocycles. The van der Waals surface area contributed by atoms with Crippen molar-refractivity contribution in [3.63, 3.8) is 0 Å². The summed E-state index contributed by atoms with van der Waals surface area (Å²) in [6.45, 7) is 13.4. The van der Waals surface area contributed by atoms with E-state index in [-0.39, 0.29) is 0 Å². The summed E-state index contributed by atoms with van der Waals surface area (Å²) >= 11 is 0. The van der Waals surface area contributed by atoms with Crippen LogP contribution in [0.4, 0.5) is 0 Å². The van der Waals surface area contributed by atoms with Crippen LogP contribution in [-0.4, -0.2) is 37.6 Å². The molecule has 2 aliphatic heterocycles. The summed E-state index contributed by atoms with van der Waals surface area (Å²) in [4.78, 5) is 2.69. The third kappa shape index (κ3) is 2.90. The fourth-order valence-corrected chi connectivity index (χ4v) is 4.10. The summed E-state index contributed by atoms with van der Waals surface area (Å²) in [6, 6.07) is 0. The van der Waals surface area contributed by atoms with Gasteiger partial charge in [0.1, 0.15) is 0 Å². The lowest BCUT2D eigenvalue weighted by molar-refractivity contribution is 0.234. The Hall–Kier alpha value is -0.340. The fourth-order valence-electron chi connectivity index (χ4n) is 4.10. The number of piperidine rings is 1. The van der Waals surface area contributed by atoms with E-state index >= 15 is 0 Å². The molecule has 2 fully saturated rings. The quantitative estimate of drug-likeness (QED) is 0.770. The van der Waals surface area contributed by atoms with Gasteiger partial charge in [0.2, 0.25) is 0 Å². The molecular weight excluding hydrogens is 232 g/mol. The second-order valence-corrected chi connectivity index (χ2v) is 8.00. The Kier molecular flexibility index (Phi) is 3.51. The first kappa shape index (κ1) is 13.6. The third-order valence-electron chi connectivity index (χ3n) is 5.69. The molecule has 0 aromatic heterocycles. The molecule has 2 heteroatoms. The fraction of sp³-hybridized carbons (Fsp3) is 0.882. The van der Waals surface area contributed by atoms with Crippen molar-refractivity contribution in [2.24, 2.45) is 16.7 Å². The zero-order valence-corrected chi connectivity index (χ0v) is 13.0. The van der Waals surface area contributed by atoms with Crippen molar-refractivity contribution in [2.45, 2.75) is 46.5 Å². The van der Waals surface area contributed by atoms with Gasteiger partial charge >= 0.3 is 0 Å². The molecule has 2 nitrogen and oxygen atoms in total. The van der Waals surface area contributed by atoms with Crippen LogP contribution in [0.5, 0.6) is 0 Å². The first-order chi connectivity index (χ1) is 9.00. The summed E-state index contributed by atoms with van der Waals surface area (Å²) in [6.07, 6.45) is 8.13. The van der Waals surface area contributed by atoms with E-state index in [1.54, 1.807) is 5.57 Å². The van der Waals surface area contributed by atoms with Crippen molar-refractivity contribution < 1.29 is 0 Å². The van der Waals surface area contributed by atoms with Crippen molar-refractivity contribution >= 4 is 0 Å². The maximum Gasteiger partial charge on any atom is 0.0166 e. The smallest absolute Gasteiger partial charge is 0.0166 e. The number of nitrogens with zero attached hydrogens (tertiary/aromatic N) is 1. The standard InChI is InChI=1S/C17H30N2/c1-16(2,3)14-4-10-19(11-5-14)13-15-12-17(15)6-8-18-9-7-17/h4,15,18H,5-13H2,1-3H3. The van der Waals surface area contributed by atoms with Crippen LogP contribution >= 0.6 is 0 Å². The summed E-state index contributed by atoms with van der Waals surface area (Å²) in [5.74, 6) is 0.999. The highest BCUT2D eigenvalue weighted by Gasteiger charge is 2.53. The molecular formula is C17H30N2. The van der Waals surface area contributed by atoms with Gasteiger partial charge in [0.05, 0.1) is 0 Å². The molecule has 1 N–H and O–H groups in total. The van der Waals surface area contributed by atoms with E-state index < -0.39 is 0 Å². The van der Waals surface area contributed by atoms with Gasteiger partial charge in [0.25, 0.3) is 0 Å². The molecule has 108 valence electrons. The van der Waals surface area contributed by atoms with Gasteiger partial charge in [-0.05, 0) is 55.5 Å². The summed E-state index contributed by atoms with van der Waals surface area (Å²) in [5, 5.41) is 3.50. The Morgan fingerprint density at radius 3 is 2.63 bits per heavy atom. The van der Waals surface area contributed by atoms with Gasteiger partial charge in [0.15, 0.2) is 0 Å². The molecule has 1 atom stereocenters. The molecule has 0 radical (unpaired) electrons. The lowest BCUT2D eigenvalue weighted by Gasteiger charge is -2.33. The zero-order valence-electron chi connectivity index (χ0n) is 13.0. The summed E-state index contributed by atoms with van der Waals surface area (Å²) in [7, 11) is 0. The first-order valence-electron chi connectivity index (χ1n) is 8.12. The highest BCUT2D eigenvalue weighted by atomic mass is 15.1. The van der Waals surface area contributed by atoms with E-state index in [9.17, 15) is 0 Å². The second-order valence-electron chi connectivity index (χ2n) is 8.00. The van der Waals surface area contributed by atoms with Crippen LogP contribution in [0.3, 0.4) is 0 Å². The largest absolute Gasteiger partial charge is 0.317 e. The molecule has 0 aromatic rings. The van der Waals surface area contributed by atoms with E-state index in [1.807, 2.05) is 0 Å². The minimum absolute atomic E-state index is 0.377. The maximum atomic E-state index is 3.50. The Morgan fingerprint density at radius 1 is 1.32 bits per heavy atom. The molecule has 1 unspecified atom stereocenters. The zero-order chi connectivity index (χ0) is 13.5. The summed E-state index contributed by atoms with van der Waals surface area (Å²) in [5.41, 5.74) is 2.79. The molecule has 3 rings (SSSR count). The Bertz CT molecular complexity index is 358. The van der Waals surface area contributed by atoms with Gasteiger partial charge in [-0.25, -0.2) is 0 Å². The topological polar surface area (TPSA) is 15.3 Å². The van der Waals surface area contributed by atoms with Gasteiger partial charge in [-0.15, -0.1) is 0 Å². The third-order valence-corrected chi connectivity index (χ3v) is 5.69. The van der Waals surface area contributed by atoms with Crippen molar-refractivity contribution in [1.29, 1.82) is 0 Å². The molecule has 3 aliphatic rings. The Morgan fingerprint density at radius 2 is 2.05 bits per heavy atom. The second kappa shape index (κ2) is 4.89. The van der Waals surface area contributed by atoms with Crippen LogP contribution in [0.15, 0.2) is 11.6 Å². The number of hydrogen-bond donors (Lipinski definition) is 1. The highest BCUT2D eigenvalue weighted by molar-refractivity contribution is 5.15. The Labute approximate surface area is 118 Å². The van der Waals surface area contributed by atoms with Gasteiger partial charge in [-0.3, -0.25) is 4.90 Å². The van der Waals surface area contributed by atoms with Gasteiger partial charge in [-0.2, -0.15) is 0 Å². The summed E-state index contributed by atoms with van der Waals surface area (Å²) < 4.78 is 0. The minimum atomic E-state index is 0.377. The van der Waals surface area contributed by atoms with Gasteiger partial charge in [-0.1, -0.05) is 32.4 Å². The molecule has 0 aromatic carbocycles. The number of nitrogens with one attached hydrogen (secondary N) is 1.